The van der Waals surface area contributed by atoms with E-state index in [1.165, 1.54) is 18.2 Å². The second-order valence-electron chi connectivity index (χ2n) is 3.26. The van der Waals surface area contributed by atoms with Crippen LogP contribution < -0.4 is 0 Å². The van der Waals surface area contributed by atoms with Crippen molar-refractivity contribution in [2.75, 3.05) is 0 Å². The van der Waals surface area contributed by atoms with E-state index < -0.39 is 14.9 Å². The average molecular weight is 251 g/mol. The van der Waals surface area contributed by atoms with Crippen molar-refractivity contribution in [3.05, 3.63) is 29.6 Å². The number of unbranched alkanes of at least 4 members (excludes halogenated alkanes) is 1. The van der Waals surface area contributed by atoms with Crippen LogP contribution in [0, 0.1) is 5.82 Å². The van der Waals surface area contributed by atoms with E-state index in [-0.39, 0.29) is 10.5 Å². The Morgan fingerprint density at radius 2 is 2.07 bits per heavy atom. The normalized spacial score (nSPS) is 11.7. The Hall–Kier alpha value is -0.610. The fourth-order valence-corrected chi connectivity index (χ4v) is 2.53. The zero-order valence-corrected chi connectivity index (χ0v) is 9.91. The van der Waals surface area contributed by atoms with E-state index in [0.717, 1.165) is 12.8 Å². The molecule has 0 amide bonds. The molecule has 0 radical (unpaired) electrons. The SMILES string of the molecule is CCCCc1c(F)cccc1S(=O)(=O)Cl. The molecule has 0 fully saturated rings. The smallest absolute Gasteiger partial charge is 0.207 e. The molecule has 0 aliphatic heterocycles. The van der Waals surface area contributed by atoms with Gasteiger partial charge in [-0.25, -0.2) is 12.8 Å². The average Bonchev–Trinajstić information content (AvgIpc) is 2.14. The summed E-state index contributed by atoms with van der Waals surface area (Å²) < 4.78 is 35.7. The van der Waals surface area contributed by atoms with Crippen LogP contribution in [0.1, 0.15) is 25.3 Å². The van der Waals surface area contributed by atoms with Gasteiger partial charge in [-0.05, 0) is 25.0 Å². The molecule has 0 aromatic heterocycles. The van der Waals surface area contributed by atoms with Crippen LogP contribution in [0.4, 0.5) is 4.39 Å². The first kappa shape index (κ1) is 12.5. The lowest BCUT2D eigenvalue weighted by Gasteiger charge is -2.06. The summed E-state index contributed by atoms with van der Waals surface area (Å²) in [7, 11) is 1.37. The van der Waals surface area contributed by atoms with Crippen molar-refractivity contribution in [3.8, 4) is 0 Å². The number of halogens is 2. The highest BCUT2D eigenvalue weighted by molar-refractivity contribution is 8.13. The van der Waals surface area contributed by atoms with Crippen LogP contribution in [-0.2, 0) is 15.5 Å². The van der Waals surface area contributed by atoms with Crippen LogP contribution in [0.2, 0.25) is 0 Å². The van der Waals surface area contributed by atoms with Gasteiger partial charge in [0.05, 0.1) is 4.90 Å². The first-order chi connectivity index (χ1) is 6.96. The van der Waals surface area contributed by atoms with Crippen LogP contribution in [0.15, 0.2) is 23.1 Å². The second-order valence-corrected chi connectivity index (χ2v) is 5.79. The number of hydrogen-bond acceptors (Lipinski definition) is 2. The van der Waals surface area contributed by atoms with E-state index in [1.807, 2.05) is 6.92 Å². The number of hydrogen-bond donors (Lipinski definition) is 0. The van der Waals surface area contributed by atoms with Crippen molar-refractivity contribution in [2.45, 2.75) is 31.1 Å². The molecular formula is C10H12ClFO2S. The second kappa shape index (κ2) is 4.94. The van der Waals surface area contributed by atoms with Gasteiger partial charge < -0.3 is 0 Å². The van der Waals surface area contributed by atoms with Crippen molar-refractivity contribution in [1.82, 2.24) is 0 Å². The quantitative estimate of drug-likeness (QED) is 0.770. The van der Waals surface area contributed by atoms with Crippen molar-refractivity contribution in [3.63, 3.8) is 0 Å². The standard InChI is InChI=1S/C10H12ClFO2S/c1-2-3-5-8-9(12)6-4-7-10(8)15(11,13)14/h4,6-7H,2-3,5H2,1H3. The van der Waals surface area contributed by atoms with Gasteiger partial charge in [-0.1, -0.05) is 19.4 Å². The minimum absolute atomic E-state index is 0.113. The summed E-state index contributed by atoms with van der Waals surface area (Å²) in [6.07, 6.45) is 2.00. The van der Waals surface area contributed by atoms with E-state index >= 15 is 0 Å². The van der Waals surface area contributed by atoms with Gasteiger partial charge in [0.25, 0.3) is 9.05 Å². The predicted molar refractivity (Wildman–Crippen MR) is 58.1 cm³/mol. The van der Waals surface area contributed by atoms with Crippen LogP contribution in [0.25, 0.3) is 0 Å². The minimum atomic E-state index is -3.85. The molecule has 0 aliphatic rings. The first-order valence-corrected chi connectivity index (χ1v) is 6.99. The van der Waals surface area contributed by atoms with E-state index in [2.05, 4.69) is 0 Å². The van der Waals surface area contributed by atoms with Gasteiger partial charge >= 0.3 is 0 Å². The third-order valence-electron chi connectivity index (χ3n) is 2.12. The monoisotopic (exact) mass is 250 g/mol. The zero-order valence-electron chi connectivity index (χ0n) is 8.33. The minimum Gasteiger partial charge on any atom is -0.207 e. The van der Waals surface area contributed by atoms with Crippen molar-refractivity contribution in [2.24, 2.45) is 0 Å². The van der Waals surface area contributed by atoms with E-state index in [0.29, 0.717) is 6.42 Å². The summed E-state index contributed by atoms with van der Waals surface area (Å²) in [6, 6.07) is 3.92. The van der Waals surface area contributed by atoms with Crippen LogP contribution in [-0.4, -0.2) is 8.42 Å². The Morgan fingerprint density at radius 3 is 2.60 bits per heavy atom. The lowest BCUT2D eigenvalue weighted by molar-refractivity contribution is 0.584. The highest BCUT2D eigenvalue weighted by Crippen LogP contribution is 2.23. The maximum absolute atomic E-state index is 13.4. The molecular weight excluding hydrogens is 239 g/mol. The fourth-order valence-electron chi connectivity index (χ4n) is 1.36. The van der Waals surface area contributed by atoms with E-state index in [1.54, 1.807) is 0 Å². The van der Waals surface area contributed by atoms with Gasteiger partial charge in [-0.2, -0.15) is 0 Å². The van der Waals surface area contributed by atoms with Crippen molar-refractivity contribution in [1.29, 1.82) is 0 Å². The Kier molecular flexibility index (Phi) is 4.11. The lowest BCUT2D eigenvalue weighted by atomic mass is 10.1. The van der Waals surface area contributed by atoms with Crippen molar-refractivity contribution < 1.29 is 12.8 Å². The third kappa shape index (κ3) is 3.18. The largest absolute Gasteiger partial charge is 0.261 e. The Balaban J connectivity index is 3.21. The van der Waals surface area contributed by atoms with Crippen molar-refractivity contribution >= 4 is 19.7 Å². The Labute approximate surface area is 93.5 Å². The van der Waals surface area contributed by atoms with Crippen LogP contribution in [0.5, 0.6) is 0 Å². The van der Waals surface area contributed by atoms with Crippen LogP contribution in [0.3, 0.4) is 0 Å². The summed E-state index contributed by atoms with van der Waals surface area (Å²) >= 11 is 0. The van der Waals surface area contributed by atoms with Gasteiger partial charge in [0.2, 0.25) is 0 Å². The van der Waals surface area contributed by atoms with E-state index in [4.69, 9.17) is 10.7 Å². The topological polar surface area (TPSA) is 34.1 Å². The highest BCUT2D eigenvalue weighted by atomic mass is 35.7. The maximum Gasteiger partial charge on any atom is 0.261 e. The molecule has 1 rings (SSSR count). The molecule has 0 heterocycles. The summed E-state index contributed by atoms with van der Waals surface area (Å²) in [6.45, 7) is 1.95. The molecule has 2 nitrogen and oxygen atoms in total. The lowest BCUT2D eigenvalue weighted by Crippen LogP contribution is -2.01. The molecule has 0 N–H and O–H groups in total. The third-order valence-corrected chi connectivity index (χ3v) is 3.53. The molecule has 84 valence electrons. The fraction of sp³-hybridized carbons (Fsp3) is 0.400. The molecule has 0 atom stereocenters. The summed E-state index contributed by atoms with van der Waals surface area (Å²) in [5.74, 6) is -0.509. The molecule has 5 heteroatoms. The summed E-state index contributed by atoms with van der Waals surface area (Å²) in [5, 5.41) is 0. The molecule has 1 aromatic carbocycles. The molecule has 0 spiro atoms. The highest BCUT2D eigenvalue weighted by Gasteiger charge is 2.17. The van der Waals surface area contributed by atoms with Gasteiger partial charge in [0.1, 0.15) is 5.82 Å². The number of rotatable bonds is 4. The molecule has 0 saturated carbocycles. The van der Waals surface area contributed by atoms with Gasteiger partial charge in [0, 0.05) is 16.2 Å². The molecule has 15 heavy (non-hydrogen) atoms. The Bertz CT molecular complexity index is 443. The van der Waals surface area contributed by atoms with Gasteiger partial charge in [-0.3, -0.25) is 0 Å². The van der Waals surface area contributed by atoms with E-state index in [9.17, 15) is 12.8 Å². The molecule has 0 aliphatic carbocycles. The van der Waals surface area contributed by atoms with Gasteiger partial charge in [-0.15, -0.1) is 0 Å². The Morgan fingerprint density at radius 1 is 1.40 bits per heavy atom. The molecule has 1 aromatic rings. The molecule has 0 unspecified atom stereocenters. The maximum atomic E-state index is 13.4. The zero-order chi connectivity index (χ0) is 11.5. The number of benzene rings is 1. The molecule has 0 saturated heterocycles. The predicted octanol–water partition coefficient (Wildman–Crippen LogP) is 3.10. The first-order valence-electron chi connectivity index (χ1n) is 4.69. The van der Waals surface area contributed by atoms with Crippen LogP contribution >= 0.6 is 10.7 Å². The summed E-state index contributed by atoms with van der Waals surface area (Å²) in [5.41, 5.74) is 0.189. The summed E-state index contributed by atoms with van der Waals surface area (Å²) in [4.78, 5) is -0.113. The van der Waals surface area contributed by atoms with Gasteiger partial charge in [0.15, 0.2) is 0 Å². The molecule has 0 bridgehead atoms.